The van der Waals surface area contributed by atoms with Gasteiger partial charge >= 0.3 is 12.6 Å². The fourth-order valence-electron chi connectivity index (χ4n) is 2.16. The first-order valence-electron chi connectivity index (χ1n) is 7.91. The van der Waals surface area contributed by atoms with Crippen molar-refractivity contribution in [3.05, 3.63) is 59.7 Å². The Bertz CT molecular complexity index is 848. The average Bonchev–Trinajstić information content (AvgIpc) is 2.63. The zero-order chi connectivity index (χ0) is 19.8. The van der Waals surface area contributed by atoms with Gasteiger partial charge in [-0.25, -0.2) is 0 Å². The number of rotatable bonds is 7. The molecule has 0 aromatic heterocycles. The van der Waals surface area contributed by atoms with Crippen LogP contribution in [0, 0.1) is 11.3 Å². The quantitative estimate of drug-likeness (QED) is 0.752. The van der Waals surface area contributed by atoms with Gasteiger partial charge in [-0.2, -0.15) is 14.0 Å². The van der Waals surface area contributed by atoms with Crippen LogP contribution in [0.5, 0.6) is 5.75 Å². The number of hydrogen-bond acceptors (Lipinski definition) is 5. The molecule has 140 valence electrons. The van der Waals surface area contributed by atoms with Crippen LogP contribution in [0.4, 0.5) is 14.5 Å². The molecule has 0 radical (unpaired) electrons. The molecule has 6 nitrogen and oxygen atoms in total. The van der Waals surface area contributed by atoms with Crippen LogP contribution in [-0.4, -0.2) is 24.6 Å². The first kappa shape index (κ1) is 19.8. The molecule has 0 heterocycles. The van der Waals surface area contributed by atoms with Crippen molar-refractivity contribution in [2.75, 3.05) is 5.32 Å². The Labute approximate surface area is 154 Å². The van der Waals surface area contributed by atoms with Crippen molar-refractivity contribution in [1.29, 1.82) is 5.26 Å². The number of benzene rings is 2. The van der Waals surface area contributed by atoms with Crippen LogP contribution >= 0.6 is 0 Å². The summed E-state index contributed by atoms with van der Waals surface area (Å²) in [6.07, 6.45) is -1.18. The lowest BCUT2D eigenvalue weighted by atomic mass is 10.1. The number of esters is 1. The van der Waals surface area contributed by atoms with Gasteiger partial charge < -0.3 is 14.8 Å². The van der Waals surface area contributed by atoms with E-state index < -0.39 is 24.6 Å². The molecule has 0 saturated carbocycles. The molecule has 0 spiro atoms. The van der Waals surface area contributed by atoms with Gasteiger partial charge in [-0.3, -0.25) is 9.59 Å². The summed E-state index contributed by atoms with van der Waals surface area (Å²) in [7, 11) is 0. The molecule has 1 atom stereocenters. The minimum Gasteiger partial charge on any atom is -0.452 e. The maximum Gasteiger partial charge on any atom is 0.387 e. The van der Waals surface area contributed by atoms with Gasteiger partial charge in [-0.15, -0.1) is 0 Å². The molecule has 0 fully saturated rings. The van der Waals surface area contributed by atoms with Crippen molar-refractivity contribution in [3.8, 4) is 11.8 Å². The SMILES string of the molecule is CC(OC(=O)Cc1ccc(OC(F)F)cc1)C(=O)Nc1cccc(C#N)c1. The van der Waals surface area contributed by atoms with Gasteiger partial charge in [0.2, 0.25) is 0 Å². The Morgan fingerprint density at radius 2 is 1.89 bits per heavy atom. The maximum atomic E-state index is 12.1. The van der Waals surface area contributed by atoms with Crippen LogP contribution in [0.3, 0.4) is 0 Å². The first-order chi connectivity index (χ1) is 12.9. The Kier molecular flexibility index (Phi) is 6.83. The zero-order valence-electron chi connectivity index (χ0n) is 14.3. The van der Waals surface area contributed by atoms with Gasteiger partial charge in [0, 0.05) is 5.69 Å². The summed E-state index contributed by atoms with van der Waals surface area (Å²) in [5, 5.41) is 11.4. The largest absolute Gasteiger partial charge is 0.452 e. The highest BCUT2D eigenvalue weighted by molar-refractivity contribution is 5.95. The average molecular weight is 374 g/mol. The lowest BCUT2D eigenvalue weighted by Crippen LogP contribution is -2.30. The van der Waals surface area contributed by atoms with Crippen LogP contribution in [0.2, 0.25) is 0 Å². The summed E-state index contributed by atoms with van der Waals surface area (Å²) in [6, 6.07) is 13.8. The van der Waals surface area contributed by atoms with Gasteiger partial charge in [0.15, 0.2) is 6.10 Å². The zero-order valence-corrected chi connectivity index (χ0v) is 14.3. The molecule has 0 aliphatic rings. The van der Waals surface area contributed by atoms with Gasteiger partial charge in [-0.05, 0) is 42.8 Å². The third-order valence-electron chi connectivity index (χ3n) is 3.43. The number of ether oxygens (including phenoxy) is 2. The highest BCUT2D eigenvalue weighted by atomic mass is 19.3. The van der Waals surface area contributed by atoms with Crippen molar-refractivity contribution >= 4 is 17.6 Å². The van der Waals surface area contributed by atoms with E-state index in [0.717, 1.165) is 0 Å². The molecular weight excluding hydrogens is 358 g/mol. The van der Waals surface area contributed by atoms with E-state index in [1.54, 1.807) is 18.2 Å². The number of anilines is 1. The smallest absolute Gasteiger partial charge is 0.387 e. The summed E-state index contributed by atoms with van der Waals surface area (Å²) >= 11 is 0. The highest BCUT2D eigenvalue weighted by Gasteiger charge is 2.18. The Morgan fingerprint density at radius 3 is 2.52 bits per heavy atom. The van der Waals surface area contributed by atoms with E-state index in [9.17, 15) is 18.4 Å². The van der Waals surface area contributed by atoms with E-state index in [1.807, 2.05) is 6.07 Å². The normalized spacial score (nSPS) is 11.4. The Balaban J connectivity index is 1.87. The number of carbonyl (C=O) groups is 2. The summed E-state index contributed by atoms with van der Waals surface area (Å²) < 4.78 is 33.5. The number of halogens is 2. The molecule has 2 rings (SSSR count). The van der Waals surface area contributed by atoms with E-state index in [0.29, 0.717) is 16.8 Å². The molecule has 2 aromatic rings. The number of hydrogen-bond donors (Lipinski definition) is 1. The number of nitriles is 1. The van der Waals surface area contributed by atoms with Crippen LogP contribution < -0.4 is 10.1 Å². The van der Waals surface area contributed by atoms with E-state index in [-0.39, 0.29) is 12.2 Å². The molecule has 8 heteroatoms. The highest BCUT2D eigenvalue weighted by Crippen LogP contribution is 2.16. The Morgan fingerprint density at radius 1 is 1.19 bits per heavy atom. The molecule has 0 bridgehead atoms. The van der Waals surface area contributed by atoms with Crippen LogP contribution in [-0.2, 0) is 20.7 Å². The number of alkyl halides is 2. The Hall–Kier alpha value is -3.47. The lowest BCUT2D eigenvalue weighted by molar-refractivity contribution is -0.152. The van der Waals surface area contributed by atoms with Gasteiger partial charge in [-0.1, -0.05) is 18.2 Å². The minimum absolute atomic E-state index is 0.0190. The van der Waals surface area contributed by atoms with E-state index >= 15 is 0 Å². The van der Waals surface area contributed by atoms with Crippen LogP contribution in [0.1, 0.15) is 18.1 Å². The lowest BCUT2D eigenvalue weighted by Gasteiger charge is -2.14. The molecule has 0 saturated heterocycles. The third-order valence-corrected chi connectivity index (χ3v) is 3.43. The van der Waals surface area contributed by atoms with Gasteiger partial charge in [0.05, 0.1) is 18.1 Å². The summed E-state index contributed by atoms with van der Waals surface area (Å²) in [6.45, 7) is -1.50. The summed E-state index contributed by atoms with van der Waals surface area (Å²) in [5.74, 6) is -1.21. The van der Waals surface area contributed by atoms with Crippen molar-refractivity contribution in [2.24, 2.45) is 0 Å². The number of carbonyl (C=O) groups excluding carboxylic acids is 2. The molecule has 1 unspecified atom stereocenters. The van der Waals surface area contributed by atoms with E-state index in [2.05, 4.69) is 10.1 Å². The standard InChI is InChI=1S/C19H16F2N2O4/c1-12(18(25)23-15-4-2-3-14(9-15)11-22)26-17(24)10-13-5-7-16(8-6-13)27-19(20)21/h2-9,12,19H,10H2,1H3,(H,23,25). The molecule has 1 amide bonds. The van der Waals surface area contributed by atoms with Crippen molar-refractivity contribution in [3.63, 3.8) is 0 Å². The minimum atomic E-state index is -2.92. The molecule has 27 heavy (non-hydrogen) atoms. The second kappa shape index (κ2) is 9.29. The topological polar surface area (TPSA) is 88.4 Å². The molecule has 0 aliphatic carbocycles. The van der Waals surface area contributed by atoms with Crippen molar-refractivity contribution in [1.82, 2.24) is 0 Å². The van der Waals surface area contributed by atoms with E-state index in [1.165, 1.54) is 37.3 Å². The maximum absolute atomic E-state index is 12.1. The van der Waals surface area contributed by atoms with Gasteiger partial charge in [0.1, 0.15) is 5.75 Å². The molecule has 1 N–H and O–H groups in total. The van der Waals surface area contributed by atoms with Crippen LogP contribution in [0.15, 0.2) is 48.5 Å². The summed E-state index contributed by atoms with van der Waals surface area (Å²) in [4.78, 5) is 24.0. The third kappa shape index (κ3) is 6.40. The van der Waals surface area contributed by atoms with Gasteiger partial charge in [0.25, 0.3) is 5.91 Å². The number of amides is 1. The second-order valence-electron chi connectivity index (χ2n) is 5.51. The monoisotopic (exact) mass is 374 g/mol. The number of nitrogens with zero attached hydrogens (tertiary/aromatic N) is 1. The molecule has 0 aliphatic heterocycles. The molecular formula is C19H16F2N2O4. The fraction of sp³-hybridized carbons (Fsp3) is 0.211. The van der Waals surface area contributed by atoms with E-state index in [4.69, 9.17) is 10.00 Å². The van der Waals surface area contributed by atoms with Crippen LogP contribution in [0.25, 0.3) is 0 Å². The first-order valence-corrected chi connectivity index (χ1v) is 7.91. The fourth-order valence-corrected chi connectivity index (χ4v) is 2.16. The predicted molar refractivity (Wildman–Crippen MR) is 92.1 cm³/mol. The molecule has 2 aromatic carbocycles. The van der Waals surface area contributed by atoms with Crippen molar-refractivity contribution < 1.29 is 27.8 Å². The second-order valence-corrected chi connectivity index (χ2v) is 5.51. The predicted octanol–water partition coefficient (Wildman–Crippen LogP) is 3.27. The summed E-state index contributed by atoms with van der Waals surface area (Å²) in [5.41, 5.74) is 1.32. The van der Waals surface area contributed by atoms with Crippen molar-refractivity contribution in [2.45, 2.75) is 26.1 Å². The number of nitrogens with one attached hydrogen (secondary N) is 1.